The Kier molecular flexibility index (Phi) is 3.89. The second kappa shape index (κ2) is 4.21. The Bertz CT molecular complexity index is 187. The first-order chi connectivity index (χ1) is 5.31. The lowest BCUT2D eigenvalue weighted by Gasteiger charge is -2.22. The minimum Gasteiger partial charge on any atom is -0.323 e. The highest BCUT2D eigenvalue weighted by Gasteiger charge is 2.12. The average molecular weight is 172 g/mol. The fourth-order valence-corrected chi connectivity index (χ4v) is 0.640. The maximum atomic E-state index is 11.1. The van der Waals surface area contributed by atoms with Crippen LogP contribution in [-0.2, 0) is 4.79 Å². The minimum atomic E-state index is -0.0521. The molecule has 0 heterocycles. The Labute approximate surface area is 73.8 Å². The zero-order valence-electron chi connectivity index (χ0n) is 8.51. The molecule has 0 atom stereocenters. The summed E-state index contributed by atoms with van der Waals surface area (Å²) < 4.78 is 0.615. The van der Waals surface area contributed by atoms with Crippen molar-refractivity contribution in [2.75, 3.05) is 27.7 Å². The van der Waals surface area contributed by atoms with Crippen LogP contribution in [0.3, 0.4) is 0 Å². The molecular formula is C8H18N3O+. The lowest BCUT2D eigenvalue weighted by atomic mass is 10.5. The molecular weight excluding hydrogens is 154 g/mol. The van der Waals surface area contributed by atoms with Gasteiger partial charge in [0.2, 0.25) is 0 Å². The highest BCUT2D eigenvalue weighted by Crippen LogP contribution is 1.87. The lowest BCUT2D eigenvalue weighted by molar-refractivity contribution is -0.862. The molecule has 0 aromatic heterocycles. The fourth-order valence-electron chi connectivity index (χ4n) is 0.640. The molecule has 70 valence electrons. The highest BCUT2D eigenvalue weighted by molar-refractivity contribution is 5.82. The first-order valence-corrected chi connectivity index (χ1v) is 3.91. The summed E-state index contributed by atoms with van der Waals surface area (Å²) in [4.78, 5) is 11.1. The molecule has 0 unspecified atom stereocenters. The van der Waals surface area contributed by atoms with Crippen LogP contribution in [0.5, 0.6) is 0 Å². The van der Waals surface area contributed by atoms with Gasteiger partial charge in [-0.2, -0.15) is 5.10 Å². The number of quaternary nitrogens is 1. The fraction of sp³-hybridized carbons (Fsp3) is 0.750. The van der Waals surface area contributed by atoms with Gasteiger partial charge in [0.1, 0.15) is 0 Å². The molecule has 12 heavy (non-hydrogen) atoms. The molecule has 0 bridgehead atoms. The van der Waals surface area contributed by atoms with Crippen LogP contribution in [0.15, 0.2) is 5.10 Å². The topological polar surface area (TPSA) is 41.5 Å². The van der Waals surface area contributed by atoms with Crippen molar-refractivity contribution >= 4 is 11.6 Å². The van der Waals surface area contributed by atoms with E-state index in [0.29, 0.717) is 11.0 Å². The maximum Gasteiger partial charge on any atom is 0.295 e. The molecule has 0 aromatic carbocycles. The molecule has 4 nitrogen and oxygen atoms in total. The van der Waals surface area contributed by atoms with Gasteiger partial charge in [-0.3, -0.25) is 4.79 Å². The van der Waals surface area contributed by atoms with Crippen LogP contribution in [0.1, 0.15) is 13.8 Å². The van der Waals surface area contributed by atoms with Gasteiger partial charge in [-0.1, -0.05) is 0 Å². The van der Waals surface area contributed by atoms with Gasteiger partial charge in [0.25, 0.3) is 5.91 Å². The van der Waals surface area contributed by atoms with Crippen LogP contribution in [0.4, 0.5) is 0 Å². The van der Waals surface area contributed by atoms with Gasteiger partial charge < -0.3 is 4.48 Å². The number of hydrogen-bond acceptors (Lipinski definition) is 2. The van der Waals surface area contributed by atoms with Crippen molar-refractivity contribution in [1.29, 1.82) is 0 Å². The molecule has 0 saturated carbocycles. The maximum absolute atomic E-state index is 11.1. The largest absolute Gasteiger partial charge is 0.323 e. The Hall–Kier alpha value is -0.900. The molecule has 0 aliphatic heterocycles. The summed E-state index contributed by atoms with van der Waals surface area (Å²) in [6.45, 7) is 4.12. The van der Waals surface area contributed by atoms with E-state index in [-0.39, 0.29) is 5.91 Å². The van der Waals surface area contributed by atoms with Crippen LogP contribution in [0, 0.1) is 0 Å². The smallest absolute Gasteiger partial charge is 0.295 e. The molecule has 0 fully saturated rings. The second-order valence-electron chi connectivity index (χ2n) is 4.04. The molecule has 0 aromatic rings. The molecule has 0 spiro atoms. The molecule has 0 saturated heterocycles. The Morgan fingerprint density at radius 1 is 1.33 bits per heavy atom. The third-order valence-corrected chi connectivity index (χ3v) is 1.02. The van der Waals surface area contributed by atoms with Gasteiger partial charge in [-0.25, -0.2) is 5.43 Å². The van der Waals surface area contributed by atoms with E-state index >= 15 is 0 Å². The quantitative estimate of drug-likeness (QED) is 0.369. The Balaban J connectivity index is 3.84. The number of carbonyl (C=O) groups is 1. The van der Waals surface area contributed by atoms with Gasteiger partial charge in [-0.15, -0.1) is 0 Å². The van der Waals surface area contributed by atoms with Crippen molar-refractivity contribution in [3.63, 3.8) is 0 Å². The summed E-state index contributed by atoms with van der Waals surface area (Å²) in [5.74, 6) is -0.0521. The van der Waals surface area contributed by atoms with Gasteiger partial charge >= 0.3 is 0 Å². The van der Waals surface area contributed by atoms with E-state index in [4.69, 9.17) is 0 Å². The van der Waals surface area contributed by atoms with E-state index in [1.807, 2.05) is 35.0 Å². The van der Waals surface area contributed by atoms with E-state index in [1.54, 1.807) is 0 Å². The number of hydrogen-bond donors (Lipinski definition) is 1. The van der Waals surface area contributed by atoms with Crippen molar-refractivity contribution in [2.45, 2.75) is 13.8 Å². The number of carbonyl (C=O) groups excluding carboxylic acids is 1. The molecule has 0 radical (unpaired) electrons. The molecule has 0 rings (SSSR count). The number of amides is 1. The standard InChI is InChI=1S/C8H17N3O/c1-7(2)9-10-8(12)6-11(3,4)5/h6H2,1-5H3/p+1. The van der Waals surface area contributed by atoms with Crippen LogP contribution < -0.4 is 5.43 Å². The van der Waals surface area contributed by atoms with Crippen molar-refractivity contribution in [1.82, 2.24) is 5.43 Å². The van der Waals surface area contributed by atoms with Gasteiger partial charge in [0.05, 0.1) is 21.1 Å². The molecule has 0 aliphatic rings. The minimum absolute atomic E-state index is 0.0521. The van der Waals surface area contributed by atoms with Gasteiger partial charge in [-0.05, 0) is 13.8 Å². The Morgan fingerprint density at radius 3 is 2.17 bits per heavy atom. The molecule has 1 N–H and O–H groups in total. The zero-order valence-corrected chi connectivity index (χ0v) is 8.51. The number of likely N-dealkylation sites (N-methyl/N-ethyl adjacent to an activating group) is 1. The Morgan fingerprint density at radius 2 is 1.83 bits per heavy atom. The summed E-state index contributed by atoms with van der Waals surface area (Å²) in [6.07, 6.45) is 0. The van der Waals surface area contributed by atoms with Crippen LogP contribution in [-0.4, -0.2) is 43.8 Å². The van der Waals surface area contributed by atoms with Crippen LogP contribution in [0.25, 0.3) is 0 Å². The monoisotopic (exact) mass is 172 g/mol. The van der Waals surface area contributed by atoms with Crippen molar-refractivity contribution in [3.05, 3.63) is 0 Å². The normalized spacial score (nSPS) is 10.8. The van der Waals surface area contributed by atoms with Gasteiger partial charge in [0, 0.05) is 5.71 Å². The summed E-state index contributed by atoms with van der Waals surface area (Å²) >= 11 is 0. The summed E-state index contributed by atoms with van der Waals surface area (Å²) in [7, 11) is 5.88. The summed E-state index contributed by atoms with van der Waals surface area (Å²) in [5, 5.41) is 3.82. The van der Waals surface area contributed by atoms with Crippen molar-refractivity contribution < 1.29 is 9.28 Å². The molecule has 0 aliphatic carbocycles. The zero-order chi connectivity index (χ0) is 9.78. The summed E-state index contributed by atoms with van der Waals surface area (Å²) in [6, 6.07) is 0. The summed E-state index contributed by atoms with van der Waals surface area (Å²) in [5.41, 5.74) is 3.32. The highest BCUT2D eigenvalue weighted by atomic mass is 16.2. The van der Waals surface area contributed by atoms with E-state index in [1.165, 1.54) is 0 Å². The molecule has 4 heteroatoms. The van der Waals surface area contributed by atoms with Crippen LogP contribution in [0.2, 0.25) is 0 Å². The van der Waals surface area contributed by atoms with E-state index in [0.717, 1.165) is 5.71 Å². The molecule has 1 amide bonds. The second-order valence-corrected chi connectivity index (χ2v) is 4.04. The van der Waals surface area contributed by atoms with Gasteiger partial charge in [0.15, 0.2) is 6.54 Å². The third kappa shape index (κ3) is 7.21. The SMILES string of the molecule is CC(C)=NNC(=O)C[N+](C)(C)C. The van der Waals surface area contributed by atoms with Crippen molar-refractivity contribution in [2.24, 2.45) is 5.10 Å². The van der Waals surface area contributed by atoms with E-state index in [9.17, 15) is 4.79 Å². The predicted molar refractivity (Wildman–Crippen MR) is 49.8 cm³/mol. The van der Waals surface area contributed by atoms with E-state index in [2.05, 4.69) is 10.5 Å². The third-order valence-electron chi connectivity index (χ3n) is 1.02. The van der Waals surface area contributed by atoms with Crippen LogP contribution >= 0.6 is 0 Å². The number of hydrazone groups is 1. The first-order valence-electron chi connectivity index (χ1n) is 3.91. The average Bonchev–Trinajstić information content (AvgIpc) is 1.79. The number of nitrogens with zero attached hydrogens (tertiary/aromatic N) is 2. The lowest BCUT2D eigenvalue weighted by Crippen LogP contribution is -2.43. The predicted octanol–water partition coefficient (Wildman–Crippen LogP) is 0.205. The van der Waals surface area contributed by atoms with Crippen molar-refractivity contribution in [3.8, 4) is 0 Å². The number of rotatable bonds is 3. The van der Waals surface area contributed by atoms with E-state index < -0.39 is 0 Å². The number of nitrogens with one attached hydrogen (secondary N) is 1. The first kappa shape index (κ1) is 11.1.